The van der Waals surface area contributed by atoms with Crippen molar-refractivity contribution in [3.63, 3.8) is 0 Å². The lowest BCUT2D eigenvalue weighted by atomic mass is 10.1. The molecule has 0 spiro atoms. The largest absolute Gasteiger partial charge is 0.483 e. The van der Waals surface area contributed by atoms with Crippen LogP contribution in [0.4, 0.5) is 0 Å². The molecular formula is C17H25NO4S. The van der Waals surface area contributed by atoms with E-state index in [2.05, 4.69) is 0 Å². The highest BCUT2D eigenvalue weighted by Crippen LogP contribution is 2.29. The van der Waals surface area contributed by atoms with Crippen LogP contribution in [0.25, 0.3) is 0 Å². The van der Waals surface area contributed by atoms with Crippen LogP contribution in [0.3, 0.4) is 0 Å². The Bertz CT molecular complexity index is 660. The molecule has 6 heteroatoms. The number of ether oxygens (including phenoxy) is 1. The van der Waals surface area contributed by atoms with Gasteiger partial charge in [0.2, 0.25) is 0 Å². The zero-order valence-electron chi connectivity index (χ0n) is 14.2. The third-order valence-corrected chi connectivity index (χ3v) is 5.08. The highest BCUT2D eigenvalue weighted by molar-refractivity contribution is 7.90. The Balaban J connectivity index is 2.04. The van der Waals surface area contributed by atoms with E-state index in [1.165, 1.54) is 6.26 Å². The molecule has 0 radical (unpaired) electrons. The van der Waals surface area contributed by atoms with E-state index in [1.54, 1.807) is 11.8 Å². The van der Waals surface area contributed by atoms with Crippen molar-refractivity contribution in [2.75, 3.05) is 18.6 Å². The molecule has 0 aromatic heterocycles. The van der Waals surface area contributed by atoms with Crippen LogP contribution in [0, 0.1) is 13.8 Å². The minimum absolute atomic E-state index is 0.0152. The van der Waals surface area contributed by atoms with Gasteiger partial charge < -0.3 is 9.64 Å². The molecule has 0 bridgehead atoms. The Kier molecular flexibility index (Phi) is 5.34. The van der Waals surface area contributed by atoms with E-state index in [-0.39, 0.29) is 30.4 Å². The van der Waals surface area contributed by atoms with Crippen LogP contribution in [0.15, 0.2) is 18.2 Å². The van der Waals surface area contributed by atoms with Gasteiger partial charge in [-0.05, 0) is 44.7 Å². The summed E-state index contributed by atoms with van der Waals surface area (Å²) in [6.45, 7) is 5.61. The number of carbonyl (C=O) groups is 1. The van der Waals surface area contributed by atoms with Gasteiger partial charge >= 0.3 is 0 Å². The summed E-state index contributed by atoms with van der Waals surface area (Å²) in [6, 6.07) is 5.66. The predicted octanol–water partition coefficient (Wildman–Crippen LogP) is 2.11. The van der Waals surface area contributed by atoms with E-state index in [0.29, 0.717) is 0 Å². The third-order valence-electron chi connectivity index (χ3n) is 4.00. The SMILES string of the molecule is Cc1cccc(C)c1OCC(=O)N(C(C)CS(C)(=O)=O)C1CC1. The second kappa shape index (κ2) is 6.91. The lowest BCUT2D eigenvalue weighted by Crippen LogP contribution is -2.45. The van der Waals surface area contributed by atoms with Crippen molar-refractivity contribution in [3.05, 3.63) is 29.3 Å². The van der Waals surface area contributed by atoms with E-state index in [1.807, 2.05) is 32.0 Å². The van der Waals surface area contributed by atoms with Gasteiger partial charge in [0.15, 0.2) is 6.61 Å². The Morgan fingerprint density at radius 2 is 1.87 bits per heavy atom. The number of benzene rings is 1. The average Bonchev–Trinajstić information content (AvgIpc) is 3.20. The number of sulfone groups is 1. The maximum atomic E-state index is 12.6. The Morgan fingerprint density at radius 3 is 2.35 bits per heavy atom. The van der Waals surface area contributed by atoms with E-state index in [0.717, 1.165) is 29.7 Å². The molecule has 0 heterocycles. The van der Waals surface area contributed by atoms with Crippen LogP contribution < -0.4 is 4.74 Å². The molecule has 0 aliphatic heterocycles. The highest BCUT2D eigenvalue weighted by atomic mass is 32.2. The lowest BCUT2D eigenvalue weighted by molar-refractivity contribution is -0.135. The van der Waals surface area contributed by atoms with Crippen molar-refractivity contribution in [1.82, 2.24) is 4.90 Å². The summed E-state index contributed by atoms with van der Waals surface area (Å²) in [5, 5.41) is 0. The van der Waals surface area contributed by atoms with Gasteiger partial charge in [-0.2, -0.15) is 0 Å². The molecule has 1 saturated carbocycles. The number of rotatable bonds is 7. The molecular weight excluding hydrogens is 314 g/mol. The third kappa shape index (κ3) is 4.96. The Morgan fingerprint density at radius 1 is 1.30 bits per heavy atom. The average molecular weight is 339 g/mol. The van der Waals surface area contributed by atoms with Crippen LogP contribution in [0.5, 0.6) is 5.75 Å². The van der Waals surface area contributed by atoms with Crippen LogP contribution in [0.2, 0.25) is 0 Å². The van der Waals surface area contributed by atoms with Gasteiger partial charge in [0.1, 0.15) is 15.6 Å². The molecule has 0 saturated heterocycles. The van der Waals surface area contributed by atoms with Gasteiger partial charge in [-0.25, -0.2) is 8.42 Å². The zero-order chi connectivity index (χ0) is 17.2. The number of hydrogen-bond donors (Lipinski definition) is 0. The Labute approximate surface area is 138 Å². The first-order valence-electron chi connectivity index (χ1n) is 7.87. The fourth-order valence-electron chi connectivity index (χ4n) is 2.92. The fourth-order valence-corrected chi connectivity index (χ4v) is 3.95. The highest BCUT2D eigenvalue weighted by Gasteiger charge is 2.36. The standard InChI is InChI=1S/C17H25NO4S/c1-12-6-5-7-13(2)17(12)22-10-16(19)18(15-8-9-15)14(3)11-23(4,20)21/h5-7,14-15H,8-11H2,1-4H3. The number of amides is 1. The van der Waals surface area contributed by atoms with Gasteiger partial charge in [0, 0.05) is 18.3 Å². The molecule has 1 amide bonds. The summed E-state index contributed by atoms with van der Waals surface area (Å²) in [6.07, 6.45) is 3.07. The van der Waals surface area contributed by atoms with Crippen LogP contribution in [-0.4, -0.2) is 49.9 Å². The van der Waals surface area contributed by atoms with Crippen molar-refractivity contribution >= 4 is 15.7 Å². The Hall–Kier alpha value is -1.56. The molecule has 1 unspecified atom stereocenters. The fraction of sp³-hybridized carbons (Fsp3) is 0.588. The predicted molar refractivity (Wildman–Crippen MR) is 90.5 cm³/mol. The molecule has 1 atom stereocenters. The monoisotopic (exact) mass is 339 g/mol. The quantitative estimate of drug-likeness (QED) is 0.763. The number of carbonyl (C=O) groups excluding carboxylic acids is 1. The number of nitrogens with zero attached hydrogens (tertiary/aromatic N) is 1. The first-order chi connectivity index (χ1) is 10.7. The molecule has 1 aliphatic carbocycles. The summed E-state index contributed by atoms with van der Waals surface area (Å²) in [5.41, 5.74) is 1.97. The van der Waals surface area contributed by atoms with E-state index >= 15 is 0 Å². The molecule has 0 N–H and O–H groups in total. The maximum Gasteiger partial charge on any atom is 0.261 e. The van der Waals surface area contributed by atoms with Crippen molar-refractivity contribution in [1.29, 1.82) is 0 Å². The minimum Gasteiger partial charge on any atom is -0.483 e. The van der Waals surface area contributed by atoms with Gasteiger partial charge in [0.25, 0.3) is 5.91 Å². The summed E-state index contributed by atoms with van der Waals surface area (Å²) >= 11 is 0. The summed E-state index contributed by atoms with van der Waals surface area (Å²) in [5.74, 6) is 0.567. The summed E-state index contributed by atoms with van der Waals surface area (Å²) < 4.78 is 28.8. The number of hydrogen-bond acceptors (Lipinski definition) is 4. The first kappa shape index (κ1) is 17.8. The summed E-state index contributed by atoms with van der Waals surface area (Å²) in [4.78, 5) is 14.2. The number of aryl methyl sites for hydroxylation is 2. The zero-order valence-corrected chi connectivity index (χ0v) is 15.0. The second-order valence-electron chi connectivity index (χ2n) is 6.48. The second-order valence-corrected chi connectivity index (χ2v) is 8.67. The van der Waals surface area contributed by atoms with Crippen molar-refractivity contribution in [2.45, 2.75) is 45.7 Å². The van der Waals surface area contributed by atoms with E-state index in [9.17, 15) is 13.2 Å². The molecule has 5 nitrogen and oxygen atoms in total. The van der Waals surface area contributed by atoms with E-state index in [4.69, 9.17) is 4.74 Å². The normalized spacial score (nSPS) is 16.0. The van der Waals surface area contributed by atoms with Crippen LogP contribution in [-0.2, 0) is 14.6 Å². The lowest BCUT2D eigenvalue weighted by Gasteiger charge is -2.29. The van der Waals surface area contributed by atoms with Crippen molar-refractivity contribution < 1.29 is 17.9 Å². The molecule has 1 aliphatic rings. The minimum atomic E-state index is -3.12. The molecule has 1 aromatic carbocycles. The molecule has 1 fully saturated rings. The number of para-hydroxylation sites is 1. The van der Waals surface area contributed by atoms with Crippen LogP contribution in [0.1, 0.15) is 30.9 Å². The topological polar surface area (TPSA) is 63.7 Å². The van der Waals surface area contributed by atoms with Gasteiger partial charge in [0.05, 0.1) is 5.75 Å². The molecule has 23 heavy (non-hydrogen) atoms. The smallest absolute Gasteiger partial charge is 0.261 e. The van der Waals surface area contributed by atoms with Crippen molar-refractivity contribution in [3.8, 4) is 5.75 Å². The first-order valence-corrected chi connectivity index (χ1v) is 9.93. The molecule has 128 valence electrons. The molecule has 1 aromatic rings. The maximum absolute atomic E-state index is 12.6. The van der Waals surface area contributed by atoms with Gasteiger partial charge in [-0.15, -0.1) is 0 Å². The molecule has 2 rings (SSSR count). The van der Waals surface area contributed by atoms with Gasteiger partial charge in [-0.1, -0.05) is 18.2 Å². The van der Waals surface area contributed by atoms with Gasteiger partial charge in [-0.3, -0.25) is 4.79 Å². The van der Waals surface area contributed by atoms with E-state index < -0.39 is 9.84 Å². The van der Waals surface area contributed by atoms with Crippen molar-refractivity contribution in [2.24, 2.45) is 0 Å². The summed E-state index contributed by atoms with van der Waals surface area (Å²) in [7, 11) is -3.12. The van der Waals surface area contributed by atoms with Crippen LogP contribution >= 0.6 is 0 Å².